The van der Waals surface area contributed by atoms with Gasteiger partial charge in [-0.3, -0.25) is 4.79 Å². The molecule has 1 amide bonds. The smallest absolute Gasteiger partial charge is 0.370 e. The predicted octanol–water partition coefficient (Wildman–Crippen LogP) is 4.79. The summed E-state index contributed by atoms with van der Waals surface area (Å²) in [6.07, 6.45) is -4.34. The molecule has 2 aromatic carbocycles. The molecule has 3 rings (SSSR count). The number of amides is 1. The minimum absolute atomic E-state index is 0.0404. The Bertz CT molecular complexity index is 750. The van der Waals surface area contributed by atoms with Crippen molar-refractivity contribution in [2.75, 3.05) is 25.4 Å². The molecule has 1 saturated heterocycles. The maximum Gasteiger partial charge on any atom is 0.416 e. The van der Waals surface area contributed by atoms with Crippen molar-refractivity contribution in [3.8, 4) is 0 Å². The van der Waals surface area contributed by atoms with Crippen molar-refractivity contribution >= 4 is 17.7 Å². The Morgan fingerprint density at radius 2 is 1.81 bits per heavy atom. The first-order chi connectivity index (χ1) is 12.9. The number of alkyl halides is 3. The zero-order valence-corrected chi connectivity index (χ0v) is 15.4. The van der Waals surface area contributed by atoms with Gasteiger partial charge in [0, 0.05) is 23.6 Å². The lowest BCUT2D eigenvalue weighted by Gasteiger charge is -2.33. The molecule has 0 spiro atoms. The lowest BCUT2D eigenvalue weighted by atomic mass is 10.0. The first-order valence-electron chi connectivity index (χ1n) is 8.68. The van der Waals surface area contributed by atoms with Gasteiger partial charge in [0.05, 0.1) is 18.7 Å². The Kier molecular flexibility index (Phi) is 6.44. The highest BCUT2D eigenvalue weighted by atomic mass is 32.2. The van der Waals surface area contributed by atoms with Gasteiger partial charge in [-0.05, 0) is 29.8 Å². The van der Waals surface area contributed by atoms with Crippen LogP contribution in [0.3, 0.4) is 0 Å². The molecule has 7 heteroatoms. The van der Waals surface area contributed by atoms with Crippen LogP contribution in [0.5, 0.6) is 0 Å². The van der Waals surface area contributed by atoms with Gasteiger partial charge < -0.3 is 9.64 Å². The van der Waals surface area contributed by atoms with Crippen LogP contribution in [0, 0.1) is 0 Å². The standard InChI is InChI=1S/C20H20F3NO2S/c21-20(22,23)16-8-6-15(7-9-16)18-14-24(11-12-26-18)19(25)10-13-27-17-4-2-1-3-5-17/h1-9,18H,10-14H2. The first kappa shape index (κ1) is 19.8. The molecule has 0 N–H and O–H groups in total. The summed E-state index contributed by atoms with van der Waals surface area (Å²) in [6, 6.07) is 14.8. The van der Waals surface area contributed by atoms with Gasteiger partial charge in [-0.25, -0.2) is 0 Å². The third-order valence-electron chi connectivity index (χ3n) is 4.36. The van der Waals surface area contributed by atoms with E-state index in [1.807, 2.05) is 30.3 Å². The average molecular weight is 395 g/mol. The summed E-state index contributed by atoms with van der Waals surface area (Å²) in [5.41, 5.74) is -0.0351. The summed E-state index contributed by atoms with van der Waals surface area (Å²) in [7, 11) is 0. The Hall–Kier alpha value is -1.99. The number of benzene rings is 2. The number of morpholine rings is 1. The van der Waals surface area contributed by atoms with Gasteiger partial charge in [-0.15, -0.1) is 11.8 Å². The van der Waals surface area contributed by atoms with E-state index in [4.69, 9.17) is 4.74 Å². The van der Waals surface area contributed by atoms with E-state index in [-0.39, 0.29) is 5.91 Å². The van der Waals surface area contributed by atoms with Crippen LogP contribution in [0.2, 0.25) is 0 Å². The van der Waals surface area contributed by atoms with Crippen molar-refractivity contribution in [1.82, 2.24) is 4.90 Å². The molecular formula is C20H20F3NO2S. The van der Waals surface area contributed by atoms with E-state index in [1.165, 1.54) is 12.1 Å². The minimum Gasteiger partial charge on any atom is -0.370 e. The normalized spacial score (nSPS) is 17.7. The number of ether oxygens (including phenoxy) is 1. The Morgan fingerprint density at radius 3 is 2.48 bits per heavy atom. The van der Waals surface area contributed by atoms with Gasteiger partial charge in [-0.1, -0.05) is 30.3 Å². The third-order valence-corrected chi connectivity index (χ3v) is 5.37. The lowest BCUT2D eigenvalue weighted by molar-refractivity contribution is -0.138. The van der Waals surface area contributed by atoms with Gasteiger partial charge in [0.1, 0.15) is 6.10 Å². The number of carbonyl (C=O) groups is 1. The number of hydrogen-bond acceptors (Lipinski definition) is 3. The van der Waals surface area contributed by atoms with Crippen molar-refractivity contribution < 1.29 is 22.7 Å². The summed E-state index contributed by atoms with van der Waals surface area (Å²) in [5, 5.41) is 0. The van der Waals surface area contributed by atoms with Gasteiger partial charge in [-0.2, -0.15) is 13.2 Å². The van der Waals surface area contributed by atoms with Crippen LogP contribution >= 0.6 is 11.8 Å². The number of hydrogen-bond donors (Lipinski definition) is 0. The van der Waals surface area contributed by atoms with Gasteiger partial charge >= 0.3 is 6.18 Å². The first-order valence-corrected chi connectivity index (χ1v) is 9.66. The maximum atomic E-state index is 12.7. The molecule has 1 atom stereocenters. The van der Waals surface area contributed by atoms with Crippen LogP contribution in [0.25, 0.3) is 0 Å². The van der Waals surface area contributed by atoms with Crippen LogP contribution in [0.4, 0.5) is 13.2 Å². The fourth-order valence-electron chi connectivity index (χ4n) is 2.90. The molecule has 144 valence electrons. The number of halogens is 3. The fourth-order valence-corrected chi connectivity index (χ4v) is 3.76. The van der Waals surface area contributed by atoms with Gasteiger partial charge in [0.25, 0.3) is 0 Å². The largest absolute Gasteiger partial charge is 0.416 e. The summed E-state index contributed by atoms with van der Waals surface area (Å²) < 4.78 is 43.7. The maximum absolute atomic E-state index is 12.7. The van der Waals surface area contributed by atoms with Crippen LogP contribution in [-0.2, 0) is 15.7 Å². The van der Waals surface area contributed by atoms with Crippen molar-refractivity contribution in [1.29, 1.82) is 0 Å². The van der Waals surface area contributed by atoms with Gasteiger partial charge in [0.2, 0.25) is 5.91 Å². The molecule has 3 nitrogen and oxygen atoms in total. The van der Waals surface area contributed by atoms with E-state index in [1.54, 1.807) is 16.7 Å². The summed E-state index contributed by atoms with van der Waals surface area (Å²) in [4.78, 5) is 15.3. The predicted molar refractivity (Wildman–Crippen MR) is 98.5 cm³/mol. The Balaban J connectivity index is 1.53. The second kappa shape index (κ2) is 8.80. The average Bonchev–Trinajstić information content (AvgIpc) is 2.68. The monoisotopic (exact) mass is 395 g/mol. The van der Waals surface area contributed by atoms with Crippen LogP contribution in [0.1, 0.15) is 23.7 Å². The van der Waals surface area contributed by atoms with Crippen LogP contribution in [0.15, 0.2) is 59.5 Å². The zero-order chi connectivity index (χ0) is 19.3. The second-order valence-electron chi connectivity index (χ2n) is 6.23. The quantitative estimate of drug-likeness (QED) is 0.682. The molecular weight excluding hydrogens is 375 g/mol. The van der Waals surface area contributed by atoms with Crippen molar-refractivity contribution in [3.05, 3.63) is 65.7 Å². The molecule has 1 unspecified atom stereocenters. The van der Waals surface area contributed by atoms with E-state index >= 15 is 0 Å². The molecule has 2 aromatic rings. The molecule has 1 aliphatic rings. The molecule has 0 radical (unpaired) electrons. The van der Waals surface area contributed by atoms with Crippen LogP contribution < -0.4 is 0 Å². The van der Waals surface area contributed by atoms with Gasteiger partial charge in [0.15, 0.2) is 0 Å². The highest BCUT2D eigenvalue weighted by Gasteiger charge is 2.31. The molecule has 27 heavy (non-hydrogen) atoms. The molecule has 1 aliphatic heterocycles. The lowest BCUT2D eigenvalue weighted by Crippen LogP contribution is -2.42. The third kappa shape index (κ3) is 5.49. The highest BCUT2D eigenvalue weighted by molar-refractivity contribution is 7.99. The highest BCUT2D eigenvalue weighted by Crippen LogP contribution is 2.31. The summed E-state index contributed by atoms with van der Waals surface area (Å²) >= 11 is 1.63. The molecule has 1 heterocycles. The number of rotatable bonds is 5. The van der Waals surface area contributed by atoms with Crippen LogP contribution in [-0.4, -0.2) is 36.3 Å². The van der Waals surface area contributed by atoms with Crippen molar-refractivity contribution in [2.45, 2.75) is 23.6 Å². The Labute approximate surface area is 160 Å². The molecule has 0 saturated carbocycles. The van der Waals surface area contributed by atoms with Crippen molar-refractivity contribution in [2.24, 2.45) is 0 Å². The van der Waals surface area contributed by atoms with E-state index < -0.39 is 17.8 Å². The zero-order valence-electron chi connectivity index (χ0n) is 14.6. The number of nitrogens with zero attached hydrogens (tertiary/aromatic N) is 1. The summed E-state index contributed by atoms with van der Waals surface area (Å²) in [5.74, 6) is 0.726. The topological polar surface area (TPSA) is 29.5 Å². The number of thioether (sulfide) groups is 1. The molecule has 1 fully saturated rings. The van der Waals surface area contributed by atoms with E-state index in [2.05, 4.69) is 0 Å². The number of carbonyl (C=O) groups excluding carboxylic acids is 1. The van der Waals surface area contributed by atoms with E-state index in [0.29, 0.717) is 37.4 Å². The Morgan fingerprint density at radius 1 is 1.11 bits per heavy atom. The van der Waals surface area contributed by atoms with E-state index in [9.17, 15) is 18.0 Å². The van der Waals surface area contributed by atoms with Crippen molar-refractivity contribution in [3.63, 3.8) is 0 Å². The SMILES string of the molecule is O=C(CCSc1ccccc1)N1CCOC(c2ccc(C(F)(F)F)cc2)C1. The molecule has 0 aromatic heterocycles. The second-order valence-corrected chi connectivity index (χ2v) is 7.40. The molecule has 0 aliphatic carbocycles. The summed E-state index contributed by atoms with van der Waals surface area (Å²) in [6.45, 7) is 1.25. The molecule has 0 bridgehead atoms. The fraction of sp³-hybridized carbons (Fsp3) is 0.350. The van der Waals surface area contributed by atoms with E-state index in [0.717, 1.165) is 17.0 Å². The minimum atomic E-state index is -4.36.